The van der Waals surface area contributed by atoms with Gasteiger partial charge in [0.15, 0.2) is 5.82 Å². The van der Waals surface area contributed by atoms with Crippen molar-refractivity contribution in [1.29, 1.82) is 0 Å². The second kappa shape index (κ2) is 5.48. The number of hydrogen-bond donors (Lipinski definition) is 1. The molecular formula is C15H20N4S. The van der Waals surface area contributed by atoms with Gasteiger partial charge in [0, 0.05) is 11.7 Å². The van der Waals surface area contributed by atoms with E-state index in [1.807, 2.05) is 0 Å². The fourth-order valence-electron chi connectivity index (χ4n) is 2.15. The van der Waals surface area contributed by atoms with Crippen LogP contribution in [0.15, 0.2) is 29.4 Å². The quantitative estimate of drug-likeness (QED) is 0.677. The number of nitrogen functional groups attached to an aromatic ring is 1. The minimum Gasteiger partial charge on any atom is -0.336 e. The van der Waals surface area contributed by atoms with Crippen molar-refractivity contribution in [1.82, 2.24) is 14.9 Å². The zero-order valence-corrected chi connectivity index (χ0v) is 12.7. The highest BCUT2D eigenvalue weighted by Crippen LogP contribution is 2.39. The Balaban J connectivity index is 1.64. The monoisotopic (exact) mass is 288 g/mol. The van der Waals surface area contributed by atoms with E-state index in [4.69, 9.17) is 5.84 Å². The summed E-state index contributed by atoms with van der Waals surface area (Å²) in [5, 5.41) is 9.19. The molecule has 2 aromatic rings. The lowest BCUT2D eigenvalue weighted by Crippen LogP contribution is -2.13. The van der Waals surface area contributed by atoms with Crippen molar-refractivity contribution < 1.29 is 0 Å². The molecule has 1 saturated carbocycles. The summed E-state index contributed by atoms with van der Waals surface area (Å²) in [5.74, 6) is 8.96. The van der Waals surface area contributed by atoms with E-state index >= 15 is 0 Å². The fraction of sp³-hybridized carbons (Fsp3) is 0.467. The van der Waals surface area contributed by atoms with Gasteiger partial charge in [-0.3, -0.25) is 0 Å². The molecule has 106 valence electrons. The van der Waals surface area contributed by atoms with Crippen molar-refractivity contribution in [2.75, 3.05) is 5.84 Å². The van der Waals surface area contributed by atoms with E-state index in [0.717, 1.165) is 16.7 Å². The maximum atomic E-state index is 6.04. The molecule has 0 bridgehead atoms. The molecule has 0 unspecified atom stereocenters. The molecule has 1 aliphatic carbocycles. The predicted octanol–water partition coefficient (Wildman–Crippen LogP) is 3.29. The van der Waals surface area contributed by atoms with Gasteiger partial charge in [0.2, 0.25) is 5.16 Å². The highest BCUT2D eigenvalue weighted by molar-refractivity contribution is 7.98. The van der Waals surface area contributed by atoms with Crippen molar-refractivity contribution in [3.63, 3.8) is 0 Å². The third-order valence-electron chi connectivity index (χ3n) is 3.65. The third kappa shape index (κ3) is 2.82. The number of benzene rings is 1. The second-order valence-corrected chi connectivity index (χ2v) is 6.61. The van der Waals surface area contributed by atoms with Crippen molar-refractivity contribution in [2.24, 2.45) is 0 Å². The molecule has 0 atom stereocenters. The summed E-state index contributed by atoms with van der Waals surface area (Å²) < 4.78 is 1.66. The van der Waals surface area contributed by atoms with E-state index < -0.39 is 0 Å². The smallest absolute Gasteiger partial charge is 0.210 e. The Kier molecular flexibility index (Phi) is 3.70. The maximum absolute atomic E-state index is 6.04. The highest BCUT2D eigenvalue weighted by Gasteiger charge is 2.29. The van der Waals surface area contributed by atoms with Crippen molar-refractivity contribution in [2.45, 2.75) is 49.4 Å². The van der Waals surface area contributed by atoms with Crippen molar-refractivity contribution >= 4 is 11.8 Å². The first kappa shape index (κ1) is 13.5. The number of nitrogens with two attached hydrogens (primary N) is 1. The van der Waals surface area contributed by atoms with Gasteiger partial charge in [0.25, 0.3) is 0 Å². The van der Waals surface area contributed by atoms with Crippen LogP contribution in [0.5, 0.6) is 0 Å². The molecule has 1 aromatic carbocycles. The minimum absolute atomic E-state index is 0.534. The summed E-state index contributed by atoms with van der Waals surface area (Å²) in [7, 11) is 0. The molecule has 2 N–H and O–H groups in total. The molecule has 20 heavy (non-hydrogen) atoms. The van der Waals surface area contributed by atoms with Gasteiger partial charge >= 0.3 is 0 Å². The van der Waals surface area contributed by atoms with Gasteiger partial charge in [-0.1, -0.05) is 49.9 Å². The summed E-state index contributed by atoms with van der Waals surface area (Å²) in [6.45, 7) is 4.42. The summed E-state index contributed by atoms with van der Waals surface area (Å²) in [6, 6.07) is 8.76. The summed E-state index contributed by atoms with van der Waals surface area (Å²) in [6.07, 6.45) is 2.38. The molecule has 0 radical (unpaired) electrons. The van der Waals surface area contributed by atoms with Gasteiger partial charge in [0.1, 0.15) is 0 Å². The Morgan fingerprint density at radius 1 is 1.25 bits per heavy atom. The van der Waals surface area contributed by atoms with Gasteiger partial charge in [-0.15, -0.1) is 10.2 Å². The van der Waals surface area contributed by atoms with Crippen LogP contribution in [-0.2, 0) is 5.75 Å². The average Bonchev–Trinajstić information content (AvgIpc) is 3.22. The van der Waals surface area contributed by atoms with Gasteiger partial charge in [-0.2, -0.15) is 0 Å². The van der Waals surface area contributed by atoms with Gasteiger partial charge in [-0.05, 0) is 29.9 Å². The van der Waals surface area contributed by atoms with Crippen LogP contribution >= 0.6 is 11.8 Å². The predicted molar refractivity (Wildman–Crippen MR) is 82.2 cm³/mol. The van der Waals surface area contributed by atoms with Crippen LogP contribution in [0.1, 0.15) is 55.5 Å². The Hall–Kier alpha value is -1.49. The minimum atomic E-state index is 0.534. The highest BCUT2D eigenvalue weighted by atomic mass is 32.2. The number of nitrogens with zero attached hydrogens (tertiary/aromatic N) is 3. The molecule has 0 amide bonds. The molecular weight excluding hydrogens is 268 g/mol. The Morgan fingerprint density at radius 2 is 1.95 bits per heavy atom. The Bertz CT molecular complexity index is 584. The number of rotatable bonds is 5. The maximum Gasteiger partial charge on any atom is 0.210 e. The summed E-state index contributed by atoms with van der Waals surface area (Å²) in [5.41, 5.74) is 2.66. The van der Waals surface area contributed by atoms with E-state index in [0.29, 0.717) is 11.8 Å². The lowest BCUT2D eigenvalue weighted by atomic mass is 10.0. The van der Waals surface area contributed by atoms with Crippen LogP contribution in [0.3, 0.4) is 0 Å². The first-order chi connectivity index (χ1) is 9.65. The molecule has 5 heteroatoms. The first-order valence-corrected chi connectivity index (χ1v) is 8.05. The average molecular weight is 288 g/mol. The lowest BCUT2D eigenvalue weighted by molar-refractivity contribution is 0.790. The topological polar surface area (TPSA) is 56.7 Å². The molecule has 4 nitrogen and oxygen atoms in total. The van der Waals surface area contributed by atoms with Gasteiger partial charge < -0.3 is 5.84 Å². The molecule has 0 saturated heterocycles. The van der Waals surface area contributed by atoms with Crippen LogP contribution in [-0.4, -0.2) is 14.9 Å². The number of hydrogen-bond acceptors (Lipinski definition) is 4. The zero-order chi connectivity index (χ0) is 14.1. The molecule has 1 fully saturated rings. The van der Waals surface area contributed by atoms with Crippen LogP contribution in [0.4, 0.5) is 0 Å². The lowest BCUT2D eigenvalue weighted by Gasteiger charge is -2.07. The van der Waals surface area contributed by atoms with E-state index in [2.05, 4.69) is 48.3 Å². The van der Waals surface area contributed by atoms with E-state index in [9.17, 15) is 0 Å². The largest absolute Gasteiger partial charge is 0.336 e. The summed E-state index contributed by atoms with van der Waals surface area (Å²) >= 11 is 1.64. The molecule has 0 spiro atoms. The van der Waals surface area contributed by atoms with Crippen LogP contribution in [0.25, 0.3) is 0 Å². The Morgan fingerprint density at radius 3 is 2.55 bits per heavy atom. The second-order valence-electron chi connectivity index (χ2n) is 5.67. The van der Waals surface area contributed by atoms with Crippen LogP contribution < -0.4 is 5.84 Å². The van der Waals surface area contributed by atoms with Crippen molar-refractivity contribution in [3.05, 3.63) is 41.2 Å². The van der Waals surface area contributed by atoms with E-state index in [-0.39, 0.29) is 0 Å². The molecule has 1 aromatic heterocycles. The molecule has 1 aliphatic rings. The molecule has 0 aliphatic heterocycles. The first-order valence-electron chi connectivity index (χ1n) is 7.07. The third-order valence-corrected chi connectivity index (χ3v) is 4.66. The van der Waals surface area contributed by atoms with E-state index in [1.54, 1.807) is 16.4 Å². The zero-order valence-electron chi connectivity index (χ0n) is 11.9. The van der Waals surface area contributed by atoms with Crippen molar-refractivity contribution in [3.8, 4) is 0 Å². The fourth-order valence-corrected chi connectivity index (χ4v) is 2.97. The van der Waals surface area contributed by atoms with E-state index in [1.165, 1.54) is 24.0 Å². The van der Waals surface area contributed by atoms with Crippen LogP contribution in [0, 0.1) is 0 Å². The normalized spacial score (nSPS) is 14.9. The van der Waals surface area contributed by atoms with Gasteiger partial charge in [0.05, 0.1) is 0 Å². The summed E-state index contributed by atoms with van der Waals surface area (Å²) in [4.78, 5) is 0. The molecule has 3 rings (SSSR count). The number of aromatic nitrogens is 3. The molecule has 1 heterocycles. The standard InChI is InChI=1S/C15H20N4S/c1-10(2)12-5-3-11(4-6-12)9-20-15-18-17-14(19(15)16)13-7-8-13/h3-6,10,13H,7-9,16H2,1-2H3. The van der Waals surface area contributed by atoms with Crippen LogP contribution in [0.2, 0.25) is 0 Å². The SMILES string of the molecule is CC(C)c1ccc(CSc2nnc(C3CC3)n2N)cc1. The Labute approximate surface area is 123 Å². The number of thioether (sulfide) groups is 1. The van der Waals surface area contributed by atoms with Gasteiger partial charge in [-0.25, -0.2) is 4.68 Å².